The lowest BCUT2D eigenvalue weighted by atomic mass is 9.96. The highest BCUT2D eigenvalue weighted by molar-refractivity contribution is 6.19. The summed E-state index contributed by atoms with van der Waals surface area (Å²) >= 11 is 0. The van der Waals surface area contributed by atoms with E-state index in [1.807, 2.05) is 59.6 Å². The number of benzene rings is 4. The molecule has 4 aromatic rings. The maximum Gasteiger partial charge on any atom is 0.292 e. The second kappa shape index (κ2) is 12.1. The smallest absolute Gasteiger partial charge is 0.292 e. The van der Waals surface area contributed by atoms with Gasteiger partial charge in [0.15, 0.2) is 5.84 Å². The van der Waals surface area contributed by atoms with Gasteiger partial charge in [-0.05, 0) is 59.2 Å². The molecular formula is C34H30F2N4O2. The lowest BCUT2D eigenvalue weighted by molar-refractivity contribution is -0.136. The number of nitrogens with zero attached hydrogens (tertiary/aromatic N) is 4. The number of halogens is 2. The molecule has 2 aliphatic heterocycles. The molecule has 0 spiro atoms. The van der Waals surface area contributed by atoms with Crippen molar-refractivity contribution < 1.29 is 18.3 Å². The molecular weight excluding hydrogens is 534 g/mol. The molecule has 4 aromatic carbocycles. The third kappa shape index (κ3) is 5.72. The highest BCUT2D eigenvalue weighted by atomic mass is 19.1. The molecule has 6 rings (SSSR count). The molecule has 6 nitrogen and oxygen atoms in total. The maximum absolute atomic E-state index is 13.8. The zero-order valence-corrected chi connectivity index (χ0v) is 23.2. The van der Waals surface area contributed by atoms with E-state index in [2.05, 4.69) is 4.90 Å². The molecule has 42 heavy (non-hydrogen) atoms. The Morgan fingerprint density at radius 2 is 1.33 bits per heavy atom. The van der Waals surface area contributed by atoms with Gasteiger partial charge in [-0.2, -0.15) is 0 Å². The maximum atomic E-state index is 13.8. The zero-order valence-electron chi connectivity index (χ0n) is 23.2. The van der Waals surface area contributed by atoms with E-state index in [0.717, 1.165) is 28.0 Å². The molecule has 0 saturated carbocycles. The SMILES string of the molecule is COc1ccc(/C=C2\N=C(c3ccccc3)N(N3CCN(C(c4ccc(F)cc4)c4ccc(F)cc4)CC3)C2=O)cc1. The van der Waals surface area contributed by atoms with Gasteiger partial charge in [0.1, 0.15) is 23.1 Å². The minimum atomic E-state index is -0.305. The Kier molecular flexibility index (Phi) is 7.90. The predicted molar refractivity (Wildman–Crippen MR) is 159 cm³/mol. The Hall–Kier alpha value is -4.66. The van der Waals surface area contributed by atoms with Crippen LogP contribution >= 0.6 is 0 Å². The van der Waals surface area contributed by atoms with E-state index in [1.54, 1.807) is 42.5 Å². The molecule has 0 radical (unpaired) electrons. The molecule has 8 heteroatoms. The van der Waals surface area contributed by atoms with Gasteiger partial charge in [-0.3, -0.25) is 9.69 Å². The Bertz CT molecular complexity index is 1550. The average Bonchev–Trinajstić information content (AvgIpc) is 3.35. The Labute approximate surface area is 243 Å². The summed E-state index contributed by atoms with van der Waals surface area (Å²) < 4.78 is 32.8. The molecule has 0 aromatic heterocycles. The number of methoxy groups -OCH3 is 1. The highest BCUT2D eigenvalue weighted by Crippen LogP contribution is 2.32. The summed E-state index contributed by atoms with van der Waals surface area (Å²) in [4.78, 5) is 20.9. The molecule has 2 heterocycles. The van der Waals surface area contributed by atoms with Gasteiger partial charge in [-0.15, -0.1) is 0 Å². The molecule has 0 N–H and O–H groups in total. The van der Waals surface area contributed by atoms with Crippen LogP contribution in [0.5, 0.6) is 5.75 Å². The van der Waals surface area contributed by atoms with Gasteiger partial charge < -0.3 is 4.74 Å². The molecule has 0 bridgehead atoms. The Morgan fingerprint density at radius 3 is 1.88 bits per heavy atom. The Balaban J connectivity index is 1.27. The fraction of sp³-hybridized carbons (Fsp3) is 0.176. The van der Waals surface area contributed by atoms with Gasteiger partial charge in [0, 0.05) is 31.7 Å². The first-order valence-electron chi connectivity index (χ1n) is 13.8. The summed E-state index contributed by atoms with van der Waals surface area (Å²) in [6, 6.07) is 29.9. The van der Waals surface area contributed by atoms with Crippen molar-refractivity contribution in [3.8, 4) is 5.75 Å². The van der Waals surface area contributed by atoms with Crippen LogP contribution in [0.25, 0.3) is 6.08 Å². The van der Waals surface area contributed by atoms with E-state index in [4.69, 9.17) is 9.73 Å². The van der Waals surface area contributed by atoms with Crippen LogP contribution in [-0.4, -0.2) is 59.9 Å². The van der Waals surface area contributed by atoms with E-state index in [-0.39, 0.29) is 23.6 Å². The molecule has 212 valence electrons. The van der Waals surface area contributed by atoms with Gasteiger partial charge >= 0.3 is 0 Å². The van der Waals surface area contributed by atoms with Gasteiger partial charge in [0.25, 0.3) is 5.91 Å². The van der Waals surface area contributed by atoms with Crippen molar-refractivity contribution in [1.29, 1.82) is 0 Å². The molecule has 0 atom stereocenters. The van der Waals surface area contributed by atoms with Crippen molar-refractivity contribution >= 4 is 17.8 Å². The number of carbonyl (C=O) groups excluding carboxylic acids is 1. The van der Waals surface area contributed by atoms with E-state index >= 15 is 0 Å². The van der Waals surface area contributed by atoms with Gasteiger partial charge in [0.2, 0.25) is 0 Å². The minimum Gasteiger partial charge on any atom is -0.497 e. The van der Waals surface area contributed by atoms with Crippen molar-refractivity contribution in [1.82, 2.24) is 14.9 Å². The van der Waals surface area contributed by atoms with Gasteiger partial charge in [0.05, 0.1) is 13.2 Å². The first-order valence-corrected chi connectivity index (χ1v) is 13.8. The second-order valence-corrected chi connectivity index (χ2v) is 10.2. The van der Waals surface area contributed by atoms with Crippen LogP contribution in [0.1, 0.15) is 28.3 Å². The number of hydrazine groups is 1. The van der Waals surface area contributed by atoms with Crippen LogP contribution in [0.2, 0.25) is 0 Å². The molecule has 0 aliphatic carbocycles. The van der Waals surface area contributed by atoms with Crippen molar-refractivity contribution in [2.45, 2.75) is 6.04 Å². The summed E-state index contributed by atoms with van der Waals surface area (Å²) in [7, 11) is 1.61. The Morgan fingerprint density at radius 1 is 0.762 bits per heavy atom. The van der Waals surface area contributed by atoms with Gasteiger partial charge in [-0.25, -0.2) is 23.8 Å². The van der Waals surface area contributed by atoms with Crippen LogP contribution in [-0.2, 0) is 4.79 Å². The van der Waals surface area contributed by atoms with Crippen LogP contribution in [0.15, 0.2) is 114 Å². The third-order valence-corrected chi connectivity index (χ3v) is 7.60. The van der Waals surface area contributed by atoms with Crippen molar-refractivity contribution in [2.75, 3.05) is 33.3 Å². The third-order valence-electron chi connectivity index (χ3n) is 7.60. The first-order chi connectivity index (χ1) is 20.5. The number of hydrogen-bond donors (Lipinski definition) is 0. The monoisotopic (exact) mass is 564 g/mol. The molecule has 0 unspecified atom stereocenters. The molecule has 1 saturated heterocycles. The van der Waals surface area contributed by atoms with Crippen LogP contribution in [0.4, 0.5) is 8.78 Å². The van der Waals surface area contributed by atoms with Crippen LogP contribution in [0, 0.1) is 11.6 Å². The highest BCUT2D eigenvalue weighted by Gasteiger charge is 2.38. The van der Waals surface area contributed by atoms with E-state index in [9.17, 15) is 13.6 Å². The number of amidine groups is 1. The van der Waals surface area contributed by atoms with Crippen molar-refractivity contribution in [3.05, 3.63) is 143 Å². The van der Waals surface area contributed by atoms with E-state index in [0.29, 0.717) is 37.7 Å². The number of rotatable bonds is 7. The minimum absolute atomic E-state index is 0.185. The molecule has 1 fully saturated rings. The van der Waals surface area contributed by atoms with Crippen molar-refractivity contribution in [2.24, 2.45) is 4.99 Å². The largest absolute Gasteiger partial charge is 0.497 e. The summed E-state index contributed by atoms with van der Waals surface area (Å²) in [5, 5.41) is 3.72. The summed E-state index contributed by atoms with van der Waals surface area (Å²) in [6.45, 7) is 2.38. The molecule has 2 aliphatic rings. The number of ether oxygens (including phenoxy) is 1. The first kappa shape index (κ1) is 27.5. The fourth-order valence-corrected chi connectivity index (χ4v) is 5.48. The lowest BCUT2D eigenvalue weighted by Gasteiger charge is -2.42. The van der Waals surface area contributed by atoms with Crippen LogP contribution < -0.4 is 4.74 Å². The van der Waals surface area contributed by atoms with E-state index in [1.165, 1.54) is 24.3 Å². The zero-order chi connectivity index (χ0) is 29.1. The number of carbonyl (C=O) groups is 1. The summed E-state index contributed by atoms with van der Waals surface area (Å²) in [5.74, 6) is 0.525. The summed E-state index contributed by atoms with van der Waals surface area (Å²) in [6.07, 6.45) is 1.79. The summed E-state index contributed by atoms with van der Waals surface area (Å²) in [5.41, 5.74) is 3.90. The quantitative estimate of drug-likeness (QED) is 0.261. The van der Waals surface area contributed by atoms with E-state index < -0.39 is 0 Å². The average molecular weight is 565 g/mol. The van der Waals surface area contributed by atoms with Gasteiger partial charge in [-0.1, -0.05) is 66.7 Å². The molecule has 1 amide bonds. The normalized spacial score (nSPS) is 17.2. The number of hydrogen-bond acceptors (Lipinski definition) is 5. The second-order valence-electron chi connectivity index (χ2n) is 10.2. The fourth-order valence-electron chi connectivity index (χ4n) is 5.48. The van der Waals surface area contributed by atoms with Crippen molar-refractivity contribution in [3.63, 3.8) is 0 Å². The number of piperazine rings is 1. The number of aliphatic imine (C=N–C) groups is 1. The predicted octanol–water partition coefficient (Wildman–Crippen LogP) is 5.93. The lowest BCUT2D eigenvalue weighted by Crippen LogP contribution is -2.56. The number of amides is 1. The topological polar surface area (TPSA) is 48.4 Å². The standard InChI is InChI=1S/C34H30F2N4O2/c1-42-30-17-7-24(8-18-30)23-31-34(41)40(33(37-31)27-5-3-2-4-6-27)39-21-19-38(20-22-39)32(25-9-13-28(35)14-10-25)26-11-15-29(36)16-12-26/h2-18,23,32H,19-22H2,1H3/b31-23-. The van der Waals surface area contributed by atoms with Crippen LogP contribution in [0.3, 0.4) is 0 Å².